The molecule has 0 saturated carbocycles. The van der Waals surface area contributed by atoms with Crippen LogP contribution >= 0.6 is 0 Å². The molecule has 1 atom stereocenters. The number of aliphatic imine (C=N–C) groups is 1. The molecule has 0 amide bonds. The van der Waals surface area contributed by atoms with Gasteiger partial charge in [0.05, 0.1) is 4.90 Å². The van der Waals surface area contributed by atoms with Gasteiger partial charge in [-0.15, -0.1) is 0 Å². The van der Waals surface area contributed by atoms with Crippen LogP contribution in [0.25, 0.3) is 0 Å². The fourth-order valence-corrected chi connectivity index (χ4v) is 4.57. The average molecular weight is 394 g/mol. The molecular formula is C21H35N3O2S. The first kappa shape index (κ1) is 21.7. The number of hydrogen-bond donors (Lipinski definition) is 1. The second-order valence-electron chi connectivity index (χ2n) is 7.47. The Morgan fingerprint density at radius 1 is 1.22 bits per heavy atom. The molecule has 0 aromatic heterocycles. The van der Waals surface area contributed by atoms with Gasteiger partial charge < -0.3 is 10.2 Å². The fourth-order valence-electron chi connectivity index (χ4n) is 3.94. The van der Waals surface area contributed by atoms with Crippen LogP contribution < -0.4 is 5.32 Å². The molecule has 0 radical (unpaired) electrons. The lowest BCUT2D eigenvalue weighted by Gasteiger charge is -2.24. The smallest absolute Gasteiger partial charge is 0.193 e. The number of benzene rings is 1. The summed E-state index contributed by atoms with van der Waals surface area (Å²) in [6.45, 7) is 10.4. The van der Waals surface area contributed by atoms with E-state index in [2.05, 4.69) is 31.0 Å². The maximum atomic E-state index is 11.5. The van der Waals surface area contributed by atoms with Gasteiger partial charge in [0, 0.05) is 32.4 Å². The van der Waals surface area contributed by atoms with Crippen LogP contribution in [0.3, 0.4) is 0 Å². The quantitative estimate of drug-likeness (QED) is 0.543. The second kappa shape index (κ2) is 10.1. The molecule has 2 rings (SSSR count). The lowest BCUT2D eigenvalue weighted by Crippen LogP contribution is -2.40. The van der Waals surface area contributed by atoms with Crippen molar-refractivity contribution in [3.05, 3.63) is 29.8 Å². The van der Waals surface area contributed by atoms with Crippen molar-refractivity contribution in [2.45, 2.75) is 51.3 Å². The lowest BCUT2D eigenvalue weighted by atomic mass is 9.87. The minimum absolute atomic E-state index is 0.368. The standard InChI is InChI=1S/C21H35N3O2S/c1-5-18(6-2)19-13-15-24(16-19)21(22-7-3)23-14-12-17-8-10-20(11-9-17)27(4,25)26/h8-11,18-19H,5-7,12-16H2,1-4H3,(H,22,23). The molecule has 0 spiro atoms. The van der Waals surface area contributed by atoms with Gasteiger partial charge in [0.15, 0.2) is 15.8 Å². The van der Waals surface area contributed by atoms with Gasteiger partial charge in [0.2, 0.25) is 0 Å². The van der Waals surface area contributed by atoms with E-state index in [-0.39, 0.29) is 0 Å². The summed E-state index contributed by atoms with van der Waals surface area (Å²) in [7, 11) is -3.13. The number of rotatable bonds is 8. The summed E-state index contributed by atoms with van der Waals surface area (Å²) in [5, 5.41) is 3.43. The molecule has 1 aromatic carbocycles. The van der Waals surface area contributed by atoms with Crippen LogP contribution in [-0.4, -0.2) is 51.7 Å². The number of nitrogens with zero attached hydrogens (tertiary/aromatic N) is 2. The molecule has 0 aliphatic carbocycles. The summed E-state index contributed by atoms with van der Waals surface area (Å²) in [6.07, 6.45) is 5.81. The third-order valence-corrected chi connectivity index (χ3v) is 6.72. The van der Waals surface area contributed by atoms with Crippen LogP contribution in [0.4, 0.5) is 0 Å². The van der Waals surface area contributed by atoms with E-state index >= 15 is 0 Å². The summed E-state index contributed by atoms with van der Waals surface area (Å²) in [5.74, 6) is 2.59. The molecule has 1 fully saturated rings. The highest BCUT2D eigenvalue weighted by Crippen LogP contribution is 2.28. The van der Waals surface area contributed by atoms with Crippen LogP contribution in [0.15, 0.2) is 34.2 Å². The molecule has 1 unspecified atom stereocenters. The highest BCUT2D eigenvalue weighted by molar-refractivity contribution is 7.90. The van der Waals surface area contributed by atoms with Crippen molar-refractivity contribution in [3.8, 4) is 0 Å². The average Bonchev–Trinajstić information content (AvgIpc) is 3.11. The molecule has 1 heterocycles. The van der Waals surface area contributed by atoms with Gasteiger partial charge in [-0.1, -0.05) is 38.8 Å². The van der Waals surface area contributed by atoms with Gasteiger partial charge in [-0.2, -0.15) is 0 Å². The van der Waals surface area contributed by atoms with Gasteiger partial charge in [-0.3, -0.25) is 4.99 Å². The Morgan fingerprint density at radius 3 is 2.44 bits per heavy atom. The molecule has 6 heteroatoms. The van der Waals surface area contributed by atoms with Crippen LogP contribution in [0, 0.1) is 11.8 Å². The van der Waals surface area contributed by atoms with Crippen molar-refractivity contribution in [1.82, 2.24) is 10.2 Å². The van der Waals surface area contributed by atoms with E-state index in [1.54, 1.807) is 12.1 Å². The van der Waals surface area contributed by atoms with E-state index in [1.807, 2.05) is 12.1 Å². The summed E-state index contributed by atoms with van der Waals surface area (Å²) in [5.41, 5.74) is 1.11. The van der Waals surface area contributed by atoms with Gasteiger partial charge in [0.1, 0.15) is 0 Å². The molecule has 1 aliphatic heterocycles. The third kappa shape index (κ3) is 6.23. The Balaban J connectivity index is 1.96. The van der Waals surface area contributed by atoms with Crippen LogP contribution in [-0.2, 0) is 16.3 Å². The minimum Gasteiger partial charge on any atom is -0.357 e. The second-order valence-corrected chi connectivity index (χ2v) is 9.49. The number of guanidine groups is 1. The molecule has 1 N–H and O–H groups in total. The topological polar surface area (TPSA) is 61.8 Å². The van der Waals surface area contributed by atoms with E-state index in [1.165, 1.54) is 25.5 Å². The summed E-state index contributed by atoms with van der Waals surface area (Å²) in [4.78, 5) is 7.59. The van der Waals surface area contributed by atoms with E-state index in [4.69, 9.17) is 4.99 Å². The molecule has 5 nitrogen and oxygen atoms in total. The monoisotopic (exact) mass is 393 g/mol. The number of likely N-dealkylation sites (tertiary alicyclic amines) is 1. The first-order chi connectivity index (χ1) is 12.9. The van der Waals surface area contributed by atoms with E-state index in [0.717, 1.165) is 49.4 Å². The number of sulfone groups is 1. The van der Waals surface area contributed by atoms with Crippen LogP contribution in [0.5, 0.6) is 0 Å². The van der Waals surface area contributed by atoms with Crippen LogP contribution in [0.1, 0.15) is 45.6 Å². The normalized spacial score (nSPS) is 18.3. The van der Waals surface area contributed by atoms with Gasteiger partial charge in [0.25, 0.3) is 0 Å². The molecular weight excluding hydrogens is 358 g/mol. The van der Waals surface area contributed by atoms with Crippen molar-refractivity contribution in [2.24, 2.45) is 16.8 Å². The minimum atomic E-state index is -3.13. The van der Waals surface area contributed by atoms with E-state index in [0.29, 0.717) is 11.4 Å². The number of hydrogen-bond acceptors (Lipinski definition) is 3. The van der Waals surface area contributed by atoms with Crippen molar-refractivity contribution in [3.63, 3.8) is 0 Å². The zero-order valence-corrected chi connectivity index (χ0v) is 18.1. The van der Waals surface area contributed by atoms with E-state index < -0.39 is 9.84 Å². The predicted molar refractivity (Wildman–Crippen MR) is 113 cm³/mol. The van der Waals surface area contributed by atoms with Crippen molar-refractivity contribution >= 4 is 15.8 Å². The molecule has 1 aromatic rings. The maximum absolute atomic E-state index is 11.5. The van der Waals surface area contributed by atoms with Gasteiger partial charge in [-0.25, -0.2) is 8.42 Å². The maximum Gasteiger partial charge on any atom is 0.193 e. The SMILES string of the molecule is CCNC(=NCCc1ccc(S(C)(=O)=O)cc1)N1CCC(C(CC)CC)C1. The Hall–Kier alpha value is -1.56. The number of nitrogens with one attached hydrogen (secondary N) is 1. The zero-order valence-electron chi connectivity index (χ0n) is 17.2. The summed E-state index contributed by atoms with van der Waals surface area (Å²) < 4.78 is 23.1. The Kier molecular flexibility index (Phi) is 8.14. The molecule has 1 aliphatic rings. The van der Waals surface area contributed by atoms with Crippen molar-refractivity contribution in [1.29, 1.82) is 0 Å². The molecule has 27 heavy (non-hydrogen) atoms. The van der Waals surface area contributed by atoms with Gasteiger partial charge in [-0.05, 0) is 49.3 Å². The summed E-state index contributed by atoms with van der Waals surface area (Å²) >= 11 is 0. The Labute approximate surface area is 165 Å². The largest absolute Gasteiger partial charge is 0.357 e. The Bertz CT molecular complexity index is 709. The van der Waals surface area contributed by atoms with Crippen molar-refractivity contribution in [2.75, 3.05) is 32.4 Å². The first-order valence-corrected chi connectivity index (χ1v) is 12.1. The molecule has 152 valence electrons. The third-order valence-electron chi connectivity index (χ3n) is 5.59. The highest BCUT2D eigenvalue weighted by Gasteiger charge is 2.29. The lowest BCUT2D eigenvalue weighted by molar-refractivity contribution is 0.319. The zero-order chi connectivity index (χ0) is 19.9. The first-order valence-electron chi connectivity index (χ1n) is 10.2. The highest BCUT2D eigenvalue weighted by atomic mass is 32.2. The molecule has 1 saturated heterocycles. The summed E-state index contributed by atoms with van der Waals surface area (Å²) in [6, 6.07) is 7.14. The Morgan fingerprint density at radius 2 is 1.89 bits per heavy atom. The predicted octanol–water partition coefficient (Wildman–Crippen LogP) is 3.36. The van der Waals surface area contributed by atoms with Gasteiger partial charge >= 0.3 is 0 Å². The van der Waals surface area contributed by atoms with Crippen molar-refractivity contribution < 1.29 is 8.42 Å². The fraction of sp³-hybridized carbons (Fsp3) is 0.667. The van der Waals surface area contributed by atoms with E-state index in [9.17, 15) is 8.42 Å². The van der Waals surface area contributed by atoms with Crippen LogP contribution in [0.2, 0.25) is 0 Å². The molecule has 0 bridgehead atoms.